The summed E-state index contributed by atoms with van der Waals surface area (Å²) >= 11 is 0. The van der Waals surface area contributed by atoms with Gasteiger partial charge in [-0.15, -0.1) is 0 Å². The standard InChI is InChI=1S/C21H29N5O3/c1-14-13-26-18(20(28)22-14)12-17(24-26)21(29)25-10-8-16(9-11-25)23-19(27)7-6-15-4-2-3-5-15/h12-13,15-16H,2-11H2,1H3,(H,22,28)(H,23,27). The number of H-pyrrole nitrogens is 1. The summed E-state index contributed by atoms with van der Waals surface area (Å²) in [5.41, 5.74) is 1.08. The third kappa shape index (κ3) is 4.52. The van der Waals surface area contributed by atoms with Crippen molar-refractivity contribution in [3.8, 4) is 0 Å². The predicted octanol–water partition coefficient (Wildman–Crippen LogP) is 2.02. The highest BCUT2D eigenvalue weighted by molar-refractivity contribution is 5.93. The third-order valence-corrected chi connectivity index (χ3v) is 6.22. The molecule has 29 heavy (non-hydrogen) atoms. The van der Waals surface area contributed by atoms with Gasteiger partial charge in [0.05, 0.1) is 0 Å². The molecule has 156 valence electrons. The lowest BCUT2D eigenvalue weighted by molar-refractivity contribution is -0.122. The largest absolute Gasteiger partial charge is 0.353 e. The zero-order valence-corrected chi connectivity index (χ0v) is 16.9. The van der Waals surface area contributed by atoms with Gasteiger partial charge in [-0.3, -0.25) is 14.4 Å². The molecule has 8 nitrogen and oxygen atoms in total. The van der Waals surface area contributed by atoms with Gasteiger partial charge in [0.1, 0.15) is 5.52 Å². The van der Waals surface area contributed by atoms with E-state index in [9.17, 15) is 14.4 Å². The van der Waals surface area contributed by atoms with Crippen molar-refractivity contribution in [2.45, 2.75) is 64.3 Å². The van der Waals surface area contributed by atoms with Gasteiger partial charge >= 0.3 is 0 Å². The number of likely N-dealkylation sites (tertiary alicyclic amines) is 1. The predicted molar refractivity (Wildman–Crippen MR) is 109 cm³/mol. The summed E-state index contributed by atoms with van der Waals surface area (Å²) < 4.78 is 1.46. The molecule has 0 atom stereocenters. The molecule has 2 amide bonds. The zero-order valence-electron chi connectivity index (χ0n) is 16.9. The van der Waals surface area contributed by atoms with Crippen molar-refractivity contribution in [3.05, 3.63) is 34.0 Å². The summed E-state index contributed by atoms with van der Waals surface area (Å²) in [5, 5.41) is 7.41. The second-order valence-electron chi connectivity index (χ2n) is 8.45. The number of carbonyl (C=O) groups is 2. The van der Waals surface area contributed by atoms with Crippen molar-refractivity contribution in [3.63, 3.8) is 0 Å². The SMILES string of the molecule is Cc1cn2nc(C(=O)N3CCC(NC(=O)CCC4CCCC4)CC3)cc2c(=O)[nH]1. The number of piperidine rings is 1. The molecule has 0 unspecified atom stereocenters. The second-order valence-corrected chi connectivity index (χ2v) is 8.45. The average Bonchev–Trinajstić information content (AvgIpc) is 3.36. The number of fused-ring (bicyclic) bond motifs is 1. The highest BCUT2D eigenvalue weighted by atomic mass is 16.2. The molecular formula is C21H29N5O3. The number of aryl methyl sites for hydroxylation is 1. The molecule has 2 aromatic rings. The molecule has 0 spiro atoms. The molecule has 2 fully saturated rings. The van der Waals surface area contributed by atoms with E-state index in [1.54, 1.807) is 18.0 Å². The van der Waals surface area contributed by atoms with Crippen molar-refractivity contribution in [1.82, 2.24) is 24.8 Å². The lowest BCUT2D eigenvalue weighted by atomic mass is 10.0. The average molecular weight is 399 g/mol. The van der Waals surface area contributed by atoms with Crippen LogP contribution in [0, 0.1) is 12.8 Å². The van der Waals surface area contributed by atoms with Crippen LogP contribution in [-0.4, -0.2) is 50.4 Å². The number of aromatic nitrogens is 3. The maximum atomic E-state index is 12.8. The monoisotopic (exact) mass is 399 g/mol. The molecule has 1 aliphatic heterocycles. The van der Waals surface area contributed by atoms with E-state index in [2.05, 4.69) is 15.4 Å². The fraction of sp³-hybridized carbons (Fsp3) is 0.619. The summed E-state index contributed by atoms with van der Waals surface area (Å²) in [4.78, 5) is 41.5. The lowest BCUT2D eigenvalue weighted by Crippen LogP contribution is -2.46. The minimum atomic E-state index is -0.254. The Morgan fingerprint density at radius 2 is 1.93 bits per heavy atom. The molecule has 2 aromatic heterocycles. The van der Waals surface area contributed by atoms with Crippen LogP contribution in [0.2, 0.25) is 0 Å². The third-order valence-electron chi connectivity index (χ3n) is 6.22. The Kier molecular flexibility index (Phi) is 5.69. The lowest BCUT2D eigenvalue weighted by Gasteiger charge is -2.32. The molecule has 8 heteroatoms. The van der Waals surface area contributed by atoms with Gasteiger partial charge in [-0.25, -0.2) is 4.52 Å². The van der Waals surface area contributed by atoms with E-state index in [1.165, 1.54) is 36.3 Å². The molecule has 2 aliphatic rings. The number of carbonyl (C=O) groups excluding carboxylic acids is 2. The Labute approximate surface area is 169 Å². The van der Waals surface area contributed by atoms with E-state index in [1.807, 2.05) is 0 Å². The molecule has 0 aromatic carbocycles. The smallest absolute Gasteiger partial charge is 0.274 e. The number of nitrogens with one attached hydrogen (secondary N) is 2. The number of hydrogen-bond donors (Lipinski definition) is 2. The highest BCUT2D eigenvalue weighted by Gasteiger charge is 2.26. The number of nitrogens with zero attached hydrogens (tertiary/aromatic N) is 3. The Bertz CT molecular complexity index is 949. The van der Waals surface area contributed by atoms with Crippen molar-refractivity contribution in [1.29, 1.82) is 0 Å². The van der Waals surface area contributed by atoms with Crippen LogP contribution in [0.4, 0.5) is 0 Å². The van der Waals surface area contributed by atoms with Crippen LogP contribution in [0.15, 0.2) is 17.1 Å². The summed E-state index contributed by atoms with van der Waals surface area (Å²) in [7, 11) is 0. The minimum absolute atomic E-state index is 0.127. The van der Waals surface area contributed by atoms with Gasteiger partial charge in [0.15, 0.2) is 5.69 Å². The van der Waals surface area contributed by atoms with Crippen molar-refractivity contribution < 1.29 is 9.59 Å². The van der Waals surface area contributed by atoms with E-state index in [0.29, 0.717) is 30.7 Å². The van der Waals surface area contributed by atoms with Gasteiger partial charge in [0, 0.05) is 43.5 Å². The van der Waals surface area contributed by atoms with Gasteiger partial charge in [-0.1, -0.05) is 25.7 Å². The van der Waals surface area contributed by atoms with Gasteiger partial charge < -0.3 is 15.2 Å². The fourth-order valence-corrected chi connectivity index (χ4v) is 4.55. The first-order chi connectivity index (χ1) is 14.0. The minimum Gasteiger partial charge on any atom is -0.353 e. The van der Waals surface area contributed by atoms with Crippen LogP contribution in [0.5, 0.6) is 0 Å². The number of aromatic amines is 1. The van der Waals surface area contributed by atoms with Gasteiger partial charge in [-0.05, 0) is 32.1 Å². The molecule has 3 heterocycles. The maximum Gasteiger partial charge on any atom is 0.274 e. The first-order valence-corrected chi connectivity index (χ1v) is 10.7. The van der Waals surface area contributed by atoms with Crippen LogP contribution in [-0.2, 0) is 4.79 Å². The van der Waals surface area contributed by atoms with E-state index in [-0.39, 0.29) is 29.1 Å². The molecule has 0 radical (unpaired) electrons. The molecule has 1 saturated carbocycles. The number of rotatable bonds is 5. The maximum absolute atomic E-state index is 12.8. The topological polar surface area (TPSA) is 99.6 Å². The normalized spacial score (nSPS) is 18.4. The Balaban J connectivity index is 1.29. The van der Waals surface area contributed by atoms with E-state index in [0.717, 1.165) is 25.2 Å². The van der Waals surface area contributed by atoms with Gasteiger partial charge in [0.25, 0.3) is 11.5 Å². The van der Waals surface area contributed by atoms with Crippen LogP contribution in [0.3, 0.4) is 0 Å². The quantitative estimate of drug-likeness (QED) is 0.803. The molecule has 1 saturated heterocycles. The van der Waals surface area contributed by atoms with E-state index in [4.69, 9.17) is 0 Å². The first-order valence-electron chi connectivity index (χ1n) is 10.7. The Morgan fingerprint density at radius 1 is 1.21 bits per heavy atom. The summed E-state index contributed by atoms with van der Waals surface area (Å²) in [6.45, 7) is 2.93. The van der Waals surface area contributed by atoms with E-state index < -0.39 is 0 Å². The first kappa shape index (κ1) is 19.7. The van der Waals surface area contributed by atoms with Gasteiger partial charge in [-0.2, -0.15) is 5.10 Å². The zero-order chi connectivity index (χ0) is 20.4. The summed E-state index contributed by atoms with van der Waals surface area (Å²) in [6.07, 6.45) is 9.93. The highest BCUT2D eigenvalue weighted by Crippen LogP contribution is 2.28. The van der Waals surface area contributed by atoms with E-state index >= 15 is 0 Å². The Morgan fingerprint density at radius 3 is 2.66 bits per heavy atom. The fourth-order valence-electron chi connectivity index (χ4n) is 4.55. The Hall–Kier alpha value is -2.64. The van der Waals surface area contributed by atoms with Crippen molar-refractivity contribution in [2.24, 2.45) is 5.92 Å². The van der Waals surface area contributed by atoms with Crippen LogP contribution >= 0.6 is 0 Å². The summed E-state index contributed by atoms with van der Waals surface area (Å²) in [5.74, 6) is 0.690. The van der Waals surface area contributed by atoms with Crippen LogP contribution < -0.4 is 10.9 Å². The summed E-state index contributed by atoms with van der Waals surface area (Å²) in [6, 6.07) is 1.67. The molecule has 2 N–H and O–H groups in total. The number of amides is 2. The molecule has 0 bridgehead atoms. The molecule has 4 rings (SSSR count). The molecule has 1 aliphatic carbocycles. The van der Waals surface area contributed by atoms with Crippen LogP contribution in [0.1, 0.15) is 67.5 Å². The van der Waals surface area contributed by atoms with Crippen molar-refractivity contribution in [2.75, 3.05) is 13.1 Å². The molecular weight excluding hydrogens is 370 g/mol. The second kappa shape index (κ2) is 8.39. The van der Waals surface area contributed by atoms with Gasteiger partial charge in [0.2, 0.25) is 5.91 Å². The van der Waals surface area contributed by atoms with Crippen LogP contribution in [0.25, 0.3) is 5.52 Å². The van der Waals surface area contributed by atoms with Crippen molar-refractivity contribution >= 4 is 17.3 Å². The number of hydrogen-bond acceptors (Lipinski definition) is 4.